The van der Waals surface area contributed by atoms with Crippen LogP contribution < -0.4 is 5.73 Å². The minimum Gasteiger partial charge on any atom is -0.398 e. The van der Waals surface area contributed by atoms with Gasteiger partial charge in [0.25, 0.3) is 0 Å². The number of para-hydroxylation sites is 1. The van der Waals surface area contributed by atoms with E-state index in [0.29, 0.717) is 0 Å². The van der Waals surface area contributed by atoms with Crippen LogP contribution in [0.1, 0.15) is 0 Å². The highest BCUT2D eigenvalue weighted by Gasteiger charge is 2.08. The number of aromatic amines is 1. The van der Waals surface area contributed by atoms with Gasteiger partial charge in [0.05, 0.1) is 5.52 Å². The second-order valence-electron chi connectivity index (χ2n) is 4.60. The third-order valence-electron chi connectivity index (χ3n) is 3.55. The number of nitrogens with two attached hydrogens (primary N) is 1. The van der Waals surface area contributed by atoms with E-state index < -0.39 is 0 Å². The Morgan fingerprint density at radius 1 is 0.722 bits per heavy atom. The van der Waals surface area contributed by atoms with Crippen LogP contribution >= 0.6 is 0 Å². The average molecular weight is 232 g/mol. The van der Waals surface area contributed by atoms with E-state index in [1.807, 2.05) is 18.2 Å². The molecule has 0 aliphatic carbocycles. The Morgan fingerprint density at radius 2 is 1.39 bits per heavy atom. The molecule has 86 valence electrons. The lowest BCUT2D eigenvalue weighted by Crippen LogP contribution is -1.87. The smallest absolute Gasteiger partial charge is 0.0546 e. The summed E-state index contributed by atoms with van der Waals surface area (Å²) in [5.74, 6) is 0. The van der Waals surface area contributed by atoms with Crippen LogP contribution in [0.5, 0.6) is 0 Å². The quantitative estimate of drug-likeness (QED) is 0.441. The summed E-state index contributed by atoms with van der Waals surface area (Å²) in [7, 11) is 0. The van der Waals surface area contributed by atoms with E-state index in [0.717, 1.165) is 16.6 Å². The van der Waals surface area contributed by atoms with Gasteiger partial charge in [0.1, 0.15) is 0 Å². The lowest BCUT2D eigenvalue weighted by atomic mass is 10.0. The van der Waals surface area contributed by atoms with Crippen LogP contribution in [0.15, 0.2) is 54.6 Å². The first-order chi connectivity index (χ1) is 8.84. The molecule has 1 heterocycles. The molecule has 0 atom stereocenters. The highest BCUT2D eigenvalue weighted by molar-refractivity contribution is 6.19. The van der Waals surface area contributed by atoms with Crippen LogP contribution in [-0.2, 0) is 0 Å². The number of benzene rings is 3. The molecule has 18 heavy (non-hydrogen) atoms. The Balaban J connectivity index is 2.36. The van der Waals surface area contributed by atoms with Crippen molar-refractivity contribution in [1.82, 2.24) is 4.98 Å². The fourth-order valence-corrected chi connectivity index (χ4v) is 2.71. The second kappa shape index (κ2) is 3.26. The number of aromatic nitrogens is 1. The van der Waals surface area contributed by atoms with Gasteiger partial charge < -0.3 is 10.7 Å². The molecule has 0 unspecified atom stereocenters. The molecule has 0 spiro atoms. The SMILES string of the molecule is Nc1cc2c3ccccc3[nH]c2c2ccccc12. The van der Waals surface area contributed by atoms with Gasteiger partial charge in [-0.05, 0) is 12.1 Å². The number of anilines is 1. The molecule has 4 rings (SSSR count). The first kappa shape index (κ1) is 9.54. The summed E-state index contributed by atoms with van der Waals surface area (Å²) < 4.78 is 0. The van der Waals surface area contributed by atoms with Gasteiger partial charge in [-0.1, -0.05) is 42.5 Å². The first-order valence-electron chi connectivity index (χ1n) is 6.02. The zero-order valence-corrected chi connectivity index (χ0v) is 9.77. The van der Waals surface area contributed by atoms with Crippen molar-refractivity contribution >= 4 is 38.3 Å². The Labute approximate surface area is 104 Å². The van der Waals surface area contributed by atoms with E-state index in [-0.39, 0.29) is 0 Å². The average Bonchev–Trinajstić information content (AvgIpc) is 2.78. The maximum atomic E-state index is 6.16. The van der Waals surface area contributed by atoms with E-state index in [1.165, 1.54) is 21.7 Å². The summed E-state index contributed by atoms with van der Waals surface area (Å²) >= 11 is 0. The van der Waals surface area contributed by atoms with Crippen molar-refractivity contribution in [3.05, 3.63) is 54.6 Å². The number of hydrogen-bond acceptors (Lipinski definition) is 1. The van der Waals surface area contributed by atoms with Crippen molar-refractivity contribution in [2.45, 2.75) is 0 Å². The van der Waals surface area contributed by atoms with Gasteiger partial charge in [0.15, 0.2) is 0 Å². The number of hydrogen-bond donors (Lipinski definition) is 2. The van der Waals surface area contributed by atoms with Crippen molar-refractivity contribution < 1.29 is 0 Å². The molecular weight excluding hydrogens is 220 g/mol. The first-order valence-corrected chi connectivity index (χ1v) is 6.02. The van der Waals surface area contributed by atoms with Gasteiger partial charge >= 0.3 is 0 Å². The molecular formula is C16H12N2. The van der Waals surface area contributed by atoms with Crippen LogP contribution in [0.2, 0.25) is 0 Å². The van der Waals surface area contributed by atoms with Crippen LogP contribution in [0.3, 0.4) is 0 Å². The predicted octanol–water partition coefficient (Wildman–Crippen LogP) is 4.06. The topological polar surface area (TPSA) is 41.8 Å². The van der Waals surface area contributed by atoms with Crippen molar-refractivity contribution in [2.75, 3.05) is 5.73 Å². The maximum absolute atomic E-state index is 6.16. The van der Waals surface area contributed by atoms with Crippen LogP contribution in [0.4, 0.5) is 5.69 Å². The molecule has 2 heteroatoms. The van der Waals surface area contributed by atoms with Crippen LogP contribution in [0, 0.1) is 0 Å². The molecule has 0 radical (unpaired) electrons. The summed E-state index contributed by atoms with van der Waals surface area (Å²) in [6.45, 7) is 0. The summed E-state index contributed by atoms with van der Waals surface area (Å²) in [6, 6.07) is 18.6. The normalized spacial score (nSPS) is 11.6. The number of rotatable bonds is 0. The molecule has 4 aromatic rings. The van der Waals surface area contributed by atoms with E-state index >= 15 is 0 Å². The molecule has 0 fully saturated rings. The monoisotopic (exact) mass is 232 g/mol. The van der Waals surface area contributed by atoms with E-state index in [2.05, 4.69) is 41.4 Å². The molecule has 3 N–H and O–H groups in total. The lowest BCUT2D eigenvalue weighted by Gasteiger charge is -2.03. The van der Waals surface area contributed by atoms with Crippen LogP contribution in [-0.4, -0.2) is 4.98 Å². The predicted molar refractivity (Wildman–Crippen MR) is 77.7 cm³/mol. The Hall–Kier alpha value is -2.48. The van der Waals surface area contributed by atoms with Crippen molar-refractivity contribution in [3.63, 3.8) is 0 Å². The molecule has 0 amide bonds. The zero-order valence-electron chi connectivity index (χ0n) is 9.77. The number of H-pyrrole nitrogens is 1. The molecule has 0 aliphatic rings. The highest BCUT2D eigenvalue weighted by Crippen LogP contribution is 2.34. The summed E-state index contributed by atoms with van der Waals surface area (Å²) in [5.41, 5.74) is 9.32. The summed E-state index contributed by atoms with van der Waals surface area (Å²) in [6.07, 6.45) is 0. The molecule has 0 saturated carbocycles. The van der Waals surface area contributed by atoms with Gasteiger partial charge in [-0.3, -0.25) is 0 Å². The Morgan fingerprint density at radius 3 is 2.22 bits per heavy atom. The molecule has 3 aromatic carbocycles. The minimum absolute atomic E-state index is 0.836. The van der Waals surface area contributed by atoms with Crippen molar-refractivity contribution in [1.29, 1.82) is 0 Å². The van der Waals surface area contributed by atoms with Crippen molar-refractivity contribution in [3.8, 4) is 0 Å². The summed E-state index contributed by atoms with van der Waals surface area (Å²) in [5, 5.41) is 4.71. The fraction of sp³-hybridized carbons (Fsp3) is 0. The standard InChI is InChI=1S/C16H12N2/c17-14-9-13-11-6-3-4-8-15(11)18-16(13)12-7-2-1-5-10(12)14/h1-9,18H,17H2. The summed E-state index contributed by atoms with van der Waals surface area (Å²) in [4.78, 5) is 3.49. The maximum Gasteiger partial charge on any atom is 0.0546 e. The largest absolute Gasteiger partial charge is 0.398 e. The molecule has 0 aliphatic heterocycles. The van der Waals surface area contributed by atoms with Gasteiger partial charge in [0.2, 0.25) is 0 Å². The molecule has 0 bridgehead atoms. The molecule has 2 nitrogen and oxygen atoms in total. The van der Waals surface area contributed by atoms with Gasteiger partial charge in [-0.2, -0.15) is 0 Å². The third kappa shape index (κ3) is 1.12. The molecule has 1 aromatic heterocycles. The van der Waals surface area contributed by atoms with E-state index in [4.69, 9.17) is 5.73 Å². The minimum atomic E-state index is 0.836. The lowest BCUT2D eigenvalue weighted by molar-refractivity contribution is 1.56. The second-order valence-corrected chi connectivity index (χ2v) is 4.60. The van der Waals surface area contributed by atoms with Gasteiger partial charge in [0, 0.05) is 32.7 Å². The Kier molecular flexibility index (Phi) is 1.73. The third-order valence-corrected chi connectivity index (χ3v) is 3.55. The van der Waals surface area contributed by atoms with Gasteiger partial charge in [-0.15, -0.1) is 0 Å². The van der Waals surface area contributed by atoms with E-state index in [1.54, 1.807) is 0 Å². The fourth-order valence-electron chi connectivity index (χ4n) is 2.71. The number of nitrogens with one attached hydrogen (secondary N) is 1. The molecule has 0 saturated heterocycles. The highest BCUT2D eigenvalue weighted by atomic mass is 14.7. The number of fused-ring (bicyclic) bond motifs is 5. The van der Waals surface area contributed by atoms with Crippen molar-refractivity contribution in [2.24, 2.45) is 0 Å². The van der Waals surface area contributed by atoms with Gasteiger partial charge in [-0.25, -0.2) is 0 Å². The zero-order chi connectivity index (χ0) is 12.1. The van der Waals surface area contributed by atoms with Crippen LogP contribution in [0.25, 0.3) is 32.6 Å². The Bertz CT molecular complexity index is 887. The van der Waals surface area contributed by atoms with E-state index in [9.17, 15) is 0 Å². The number of nitrogen functional groups attached to an aromatic ring is 1.